The third kappa shape index (κ3) is 1.35. The molecule has 0 amide bonds. The molecule has 0 radical (unpaired) electrons. The van der Waals surface area contributed by atoms with Crippen LogP contribution in [-0.2, 0) is 12.8 Å². The van der Waals surface area contributed by atoms with E-state index in [1.54, 1.807) is 0 Å². The molecule has 0 fully saturated rings. The first-order chi connectivity index (χ1) is 5.99. The Balaban J connectivity index is 2.59. The molecule has 2 N–H and O–H groups in total. The summed E-state index contributed by atoms with van der Waals surface area (Å²) in [4.78, 5) is 12.7. The van der Waals surface area contributed by atoms with Crippen LogP contribution in [0.3, 0.4) is 0 Å². The normalized spacial score (nSPS) is 18.6. The van der Waals surface area contributed by atoms with Gasteiger partial charge in [-0.25, -0.2) is 0 Å². The van der Waals surface area contributed by atoms with Gasteiger partial charge in [0.2, 0.25) is 5.43 Å². The highest BCUT2D eigenvalue weighted by molar-refractivity contribution is 7.05. The van der Waals surface area contributed by atoms with Crippen LogP contribution in [0.4, 0.5) is 5.82 Å². The van der Waals surface area contributed by atoms with Crippen molar-refractivity contribution in [2.45, 2.75) is 26.7 Å². The van der Waals surface area contributed by atoms with E-state index in [-0.39, 0.29) is 16.7 Å². The van der Waals surface area contributed by atoms with E-state index in [1.807, 2.05) is 0 Å². The molecule has 1 aromatic rings. The average Bonchev–Trinajstić information content (AvgIpc) is 2.34. The van der Waals surface area contributed by atoms with Crippen molar-refractivity contribution < 1.29 is 0 Å². The Labute approximate surface area is 80.8 Å². The second-order valence-electron chi connectivity index (χ2n) is 4.32. The first-order valence-electron chi connectivity index (χ1n) is 4.27. The molecule has 1 heterocycles. The Kier molecular flexibility index (Phi) is 1.70. The molecular formula is C9H12N2OS. The SMILES string of the molecule is CC1(C)Cc2snc(N)c(=O)c2C1. The van der Waals surface area contributed by atoms with Crippen molar-refractivity contribution in [1.29, 1.82) is 0 Å². The lowest BCUT2D eigenvalue weighted by Crippen LogP contribution is -2.16. The van der Waals surface area contributed by atoms with Gasteiger partial charge in [-0.2, -0.15) is 4.37 Å². The van der Waals surface area contributed by atoms with Crippen LogP contribution in [0, 0.1) is 5.41 Å². The summed E-state index contributed by atoms with van der Waals surface area (Å²) >= 11 is 1.37. The Morgan fingerprint density at radius 2 is 2.15 bits per heavy atom. The number of nitrogen functional groups attached to an aromatic ring is 1. The number of hydrogen-bond acceptors (Lipinski definition) is 4. The Morgan fingerprint density at radius 3 is 2.85 bits per heavy atom. The van der Waals surface area contributed by atoms with Gasteiger partial charge in [0, 0.05) is 10.4 Å². The largest absolute Gasteiger partial charge is 0.380 e. The topological polar surface area (TPSA) is 56.0 Å². The lowest BCUT2D eigenvalue weighted by atomic mass is 9.91. The molecule has 1 aromatic heterocycles. The van der Waals surface area contributed by atoms with Gasteiger partial charge in [0.05, 0.1) is 0 Å². The van der Waals surface area contributed by atoms with E-state index in [1.165, 1.54) is 11.5 Å². The van der Waals surface area contributed by atoms with Gasteiger partial charge in [0.1, 0.15) is 0 Å². The zero-order valence-corrected chi connectivity index (χ0v) is 8.57. The fourth-order valence-corrected chi connectivity index (χ4v) is 2.80. The zero-order chi connectivity index (χ0) is 9.64. The molecule has 13 heavy (non-hydrogen) atoms. The minimum absolute atomic E-state index is 0.0562. The summed E-state index contributed by atoms with van der Waals surface area (Å²) < 4.78 is 3.92. The smallest absolute Gasteiger partial charge is 0.225 e. The van der Waals surface area contributed by atoms with E-state index in [0.717, 1.165) is 23.3 Å². The maximum absolute atomic E-state index is 11.6. The van der Waals surface area contributed by atoms with Crippen LogP contribution in [-0.4, -0.2) is 4.37 Å². The summed E-state index contributed by atoms with van der Waals surface area (Å²) in [5, 5.41) is 0. The third-order valence-corrected chi connectivity index (χ3v) is 3.29. The standard InChI is InChI=1S/C9H12N2OS/c1-9(2)3-5-6(4-9)13-11-8(10)7(5)12/h3-4H2,1-2H3,(H2,10,11). The predicted octanol–water partition coefficient (Wildman–Crippen LogP) is 1.21. The molecule has 0 aromatic carbocycles. The van der Waals surface area contributed by atoms with Gasteiger partial charge in [-0.05, 0) is 29.8 Å². The molecular weight excluding hydrogens is 184 g/mol. The maximum Gasteiger partial charge on any atom is 0.225 e. The molecule has 0 atom stereocenters. The summed E-state index contributed by atoms with van der Waals surface area (Å²) in [7, 11) is 0. The number of anilines is 1. The predicted molar refractivity (Wildman–Crippen MR) is 54.0 cm³/mol. The molecule has 0 saturated heterocycles. The molecule has 1 aliphatic rings. The summed E-state index contributed by atoms with van der Waals surface area (Å²) in [6, 6.07) is 0. The molecule has 4 heteroatoms. The summed E-state index contributed by atoms with van der Waals surface area (Å²) in [6.45, 7) is 4.32. The summed E-state index contributed by atoms with van der Waals surface area (Å²) in [6.07, 6.45) is 1.79. The average molecular weight is 196 g/mol. The summed E-state index contributed by atoms with van der Waals surface area (Å²) in [5.41, 5.74) is 6.51. The number of nitrogens with two attached hydrogens (primary N) is 1. The molecule has 0 saturated carbocycles. The number of nitrogens with zero attached hydrogens (tertiary/aromatic N) is 1. The van der Waals surface area contributed by atoms with Gasteiger partial charge in [0.15, 0.2) is 5.82 Å². The quantitative estimate of drug-likeness (QED) is 0.678. The molecule has 3 nitrogen and oxygen atoms in total. The van der Waals surface area contributed by atoms with Crippen LogP contribution in [0.15, 0.2) is 4.79 Å². The van der Waals surface area contributed by atoms with Crippen molar-refractivity contribution in [1.82, 2.24) is 4.37 Å². The number of fused-ring (bicyclic) bond motifs is 1. The van der Waals surface area contributed by atoms with E-state index >= 15 is 0 Å². The van der Waals surface area contributed by atoms with Crippen LogP contribution in [0.1, 0.15) is 24.3 Å². The van der Waals surface area contributed by atoms with Gasteiger partial charge >= 0.3 is 0 Å². The molecule has 0 aliphatic heterocycles. The first kappa shape index (κ1) is 8.69. The highest BCUT2D eigenvalue weighted by atomic mass is 32.1. The van der Waals surface area contributed by atoms with Crippen LogP contribution in [0.2, 0.25) is 0 Å². The monoisotopic (exact) mass is 196 g/mol. The Bertz CT molecular complexity index is 409. The first-order valence-corrected chi connectivity index (χ1v) is 5.04. The van der Waals surface area contributed by atoms with Crippen LogP contribution < -0.4 is 11.2 Å². The van der Waals surface area contributed by atoms with E-state index in [0.29, 0.717) is 0 Å². The lowest BCUT2D eigenvalue weighted by Gasteiger charge is -2.14. The lowest BCUT2D eigenvalue weighted by molar-refractivity contribution is 0.393. The van der Waals surface area contributed by atoms with Gasteiger partial charge in [-0.1, -0.05) is 13.8 Å². The van der Waals surface area contributed by atoms with Crippen molar-refractivity contribution in [2.75, 3.05) is 5.73 Å². The van der Waals surface area contributed by atoms with Crippen molar-refractivity contribution in [3.8, 4) is 0 Å². The fraction of sp³-hybridized carbons (Fsp3) is 0.556. The molecule has 2 rings (SSSR count). The second-order valence-corrected chi connectivity index (χ2v) is 5.17. The van der Waals surface area contributed by atoms with Crippen molar-refractivity contribution in [2.24, 2.45) is 5.41 Å². The van der Waals surface area contributed by atoms with E-state index in [9.17, 15) is 4.79 Å². The third-order valence-electron chi connectivity index (χ3n) is 2.39. The number of rotatable bonds is 0. The van der Waals surface area contributed by atoms with Crippen LogP contribution in [0.25, 0.3) is 0 Å². The van der Waals surface area contributed by atoms with Gasteiger partial charge < -0.3 is 5.73 Å². The summed E-state index contributed by atoms with van der Waals surface area (Å²) in [5.74, 6) is 0.154. The van der Waals surface area contributed by atoms with E-state index < -0.39 is 0 Å². The maximum atomic E-state index is 11.6. The minimum Gasteiger partial charge on any atom is -0.380 e. The van der Waals surface area contributed by atoms with Gasteiger partial charge in [-0.15, -0.1) is 0 Å². The zero-order valence-electron chi connectivity index (χ0n) is 7.76. The highest BCUT2D eigenvalue weighted by Gasteiger charge is 2.31. The van der Waals surface area contributed by atoms with Gasteiger partial charge in [0.25, 0.3) is 0 Å². The Morgan fingerprint density at radius 1 is 1.46 bits per heavy atom. The Hall–Kier alpha value is -0.900. The van der Waals surface area contributed by atoms with Crippen LogP contribution in [0.5, 0.6) is 0 Å². The minimum atomic E-state index is -0.0562. The van der Waals surface area contributed by atoms with Crippen LogP contribution >= 0.6 is 11.5 Å². The molecule has 70 valence electrons. The number of aromatic nitrogens is 1. The van der Waals surface area contributed by atoms with E-state index in [4.69, 9.17) is 5.73 Å². The fourth-order valence-electron chi connectivity index (χ4n) is 1.78. The highest BCUT2D eigenvalue weighted by Crippen LogP contribution is 2.35. The molecule has 1 aliphatic carbocycles. The molecule has 0 unspecified atom stereocenters. The van der Waals surface area contributed by atoms with Crippen molar-refractivity contribution in [3.05, 3.63) is 20.7 Å². The van der Waals surface area contributed by atoms with Crippen molar-refractivity contribution in [3.63, 3.8) is 0 Å². The molecule has 0 spiro atoms. The second kappa shape index (κ2) is 2.54. The van der Waals surface area contributed by atoms with E-state index in [2.05, 4.69) is 18.2 Å². The van der Waals surface area contributed by atoms with Crippen molar-refractivity contribution >= 4 is 17.4 Å². The number of hydrogen-bond donors (Lipinski definition) is 1. The van der Waals surface area contributed by atoms with Gasteiger partial charge in [-0.3, -0.25) is 4.79 Å². The molecule has 0 bridgehead atoms.